The Labute approximate surface area is 186 Å². The molecule has 2 unspecified atom stereocenters. The number of rotatable bonds is 12. The van der Waals surface area contributed by atoms with Crippen molar-refractivity contribution in [1.29, 1.82) is 0 Å². The number of amides is 2. The van der Waals surface area contributed by atoms with Crippen LogP contribution in [-0.2, 0) is 20.5 Å². The Bertz CT molecular complexity index is 887. The minimum atomic E-state index is -0.738. The van der Waals surface area contributed by atoms with Crippen molar-refractivity contribution < 1.29 is 19.2 Å². The highest BCUT2D eigenvalue weighted by molar-refractivity contribution is 7.96. The van der Waals surface area contributed by atoms with Gasteiger partial charge in [0.05, 0.1) is 12.8 Å². The van der Waals surface area contributed by atoms with E-state index in [4.69, 9.17) is 0 Å². The van der Waals surface area contributed by atoms with Gasteiger partial charge in [-0.3, -0.25) is 19.2 Å². The van der Waals surface area contributed by atoms with Crippen molar-refractivity contribution in [2.75, 3.05) is 24.3 Å². The molecule has 2 N–H and O–H groups in total. The Morgan fingerprint density at radius 1 is 0.871 bits per heavy atom. The van der Waals surface area contributed by atoms with Gasteiger partial charge in [-0.2, -0.15) is 0 Å². The maximum absolute atomic E-state index is 12.6. The van der Waals surface area contributed by atoms with Crippen molar-refractivity contribution >= 4 is 34.3 Å². The van der Waals surface area contributed by atoms with Crippen LogP contribution >= 0.6 is 0 Å². The van der Waals surface area contributed by atoms with Gasteiger partial charge in [-0.25, -0.2) is 0 Å². The van der Waals surface area contributed by atoms with E-state index in [0.717, 1.165) is 0 Å². The summed E-state index contributed by atoms with van der Waals surface area (Å²) < 4.78 is 0. The normalized spacial score (nSPS) is 12.5. The molecule has 0 spiro atoms. The largest absolute Gasteiger partial charge is 0.347 e. The molecule has 0 saturated heterocycles. The van der Waals surface area contributed by atoms with Gasteiger partial charge in [0, 0.05) is 24.0 Å². The van der Waals surface area contributed by atoms with E-state index in [-0.39, 0.29) is 41.3 Å². The molecule has 2 aromatic carbocycles. The summed E-state index contributed by atoms with van der Waals surface area (Å²) in [4.78, 5) is 49.2. The van der Waals surface area contributed by atoms with E-state index in [0.29, 0.717) is 29.1 Å². The number of hydrogen-bond acceptors (Lipinski definition) is 4. The van der Waals surface area contributed by atoms with Gasteiger partial charge in [-0.05, 0) is 10.9 Å². The summed E-state index contributed by atoms with van der Waals surface area (Å²) in [6.07, 6.45) is 2.65. The Morgan fingerprint density at radius 3 is 1.97 bits per heavy atom. The van der Waals surface area contributed by atoms with E-state index >= 15 is 0 Å². The highest BCUT2D eigenvalue weighted by Crippen LogP contribution is 2.07. The molecule has 2 rings (SSSR count). The van der Waals surface area contributed by atoms with Crippen molar-refractivity contribution in [2.24, 2.45) is 0 Å². The predicted octanol–water partition coefficient (Wildman–Crippen LogP) is 2.40. The minimum absolute atomic E-state index is 0.0680. The van der Waals surface area contributed by atoms with Crippen LogP contribution in [0.2, 0.25) is 0 Å². The average Bonchev–Trinajstić information content (AvgIpc) is 2.80. The van der Waals surface area contributed by atoms with Crippen LogP contribution in [0.1, 0.15) is 40.5 Å². The minimum Gasteiger partial charge on any atom is -0.347 e. The van der Waals surface area contributed by atoms with Gasteiger partial charge in [-0.15, -0.1) is 0 Å². The van der Waals surface area contributed by atoms with Crippen LogP contribution in [0, 0.1) is 0 Å². The van der Waals surface area contributed by atoms with E-state index in [9.17, 15) is 19.2 Å². The zero-order valence-corrected chi connectivity index (χ0v) is 18.7. The van der Waals surface area contributed by atoms with Crippen molar-refractivity contribution in [2.45, 2.75) is 25.8 Å². The van der Waals surface area contributed by atoms with E-state index < -0.39 is 11.9 Å². The molecule has 2 aromatic rings. The van der Waals surface area contributed by atoms with Gasteiger partial charge in [0.2, 0.25) is 17.6 Å². The summed E-state index contributed by atoms with van der Waals surface area (Å²) in [6.45, 7) is 1.58. The standard InChI is InChI=1S/C24H28N2O4S/c1-3-23(29)26-20(24(30)25-16-21(27)18-10-6-4-7-11-18)14-15-31(2)17-22(28)19-12-8-5-9-13-19/h4-13,20H,3,14-17H2,1-2H3,(H-,25,26,29,30)/p+1/i5+1,8+1,9+1,12+1,13+1,17+1,19+1,22+1. The first-order valence-corrected chi connectivity index (χ1v) is 12.2. The van der Waals surface area contributed by atoms with Crippen molar-refractivity contribution in [3.8, 4) is 0 Å². The molecule has 0 fully saturated rings. The predicted molar refractivity (Wildman–Crippen MR) is 124 cm³/mol. The molecule has 0 aromatic heterocycles. The third-order valence-corrected chi connectivity index (χ3v) is 6.41. The van der Waals surface area contributed by atoms with E-state index in [1.165, 1.54) is 0 Å². The first-order chi connectivity index (χ1) is 14.9. The summed E-state index contributed by atoms with van der Waals surface area (Å²) >= 11 is 0. The van der Waals surface area contributed by atoms with Crippen LogP contribution in [0.4, 0.5) is 0 Å². The summed E-state index contributed by atoms with van der Waals surface area (Å²) in [6, 6.07) is 17.1. The molecule has 31 heavy (non-hydrogen) atoms. The Balaban J connectivity index is 1.89. The van der Waals surface area contributed by atoms with E-state index in [1.54, 1.807) is 43.3 Å². The van der Waals surface area contributed by atoms with Gasteiger partial charge in [0.1, 0.15) is 11.8 Å². The fourth-order valence-electron chi connectivity index (χ4n) is 2.90. The van der Waals surface area contributed by atoms with E-state index in [1.807, 2.05) is 30.5 Å². The SMILES string of the molecule is CCC(=O)NC(CC[S+](C)[13CH2][13C](=O)[13c]1[13cH][13cH][13cH][13cH][13cH]1)C(=O)NCC(=O)c1ccccc1. The fourth-order valence-corrected chi connectivity index (χ4v) is 4.30. The van der Waals surface area contributed by atoms with Crippen molar-refractivity contribution in [1.82, 2.24) is 10.6 Å². The lowest BCUT2D eigenvalue weighted by atomic mass is 10.1. The maximum atomic E-state index is 12.6. The lowest BCUT2D eigenvalue weighted by Crippen LogP contribution is -2.48. The summed E-state index contributed by atoms with van der Waals surface area (Å²) in [5.41, 5.74) is 1.20. The third-order valence-electron chi connectivity index (χ3n) is 4.72. The van der Waals surface area contributed by atoms with Gasteiger partial charge < -0.3 is 10.6 Å². The van der Waals surface area contributed by atoms with Crippen LogP contribution in [0.25, 0.3) is 0 Å². The summed E-state index contributed by atoms with van der Waals surface area (Å²) in [5.74, 6) is 0.264. The quantitative estimate of drug-likeness (QED) is 0.296. The third kappa shape index (κ3) is 8.38. The second-order valence-electron chi connectivity index (χ2n) is 7.19. The summed E-state index contributed by atoms with van der Waals surface area (Å²) in [5, 5.41) is 5.36. The molecule has 0 aliphatic rings. The van der Waals surface area contributed by atoms with Gasteiger partial charge in [0.25, 0.3) is 0 Å². The molecule has 0 saturated carbocycles. The topological polar surface area (TPSA) is 92.3 Å². The first kappa shape index (κ1) is 24.3. The maximum Gasteiger partial charge on any atom is 0.243 e. The molecule has 0 bridgehead atoms. The zero-order chi connectivity index (χ0) is 22.6. The average molecular weight is 450 g/mol. The van der Waals surface area contributed by atoms with Crippen molar-refractivity contribution in [3.63, 3.8) is 0 Å². The number of hydrogen-bond donors (Lipinski definition) is 2. The molecule has 2 amide bonds. The monoisotopic (exact) mass is 449 g/mol. The highest BCUT2D eigenvalue weighted by atomic mass is 32.2. The van der Waals surface area contributed by atoms with Crippen LogP contribution < -0.4 is 10.6 Å². The highest BCUT2D eigenvalue weighted by Gasteiger charge is 2.25. The molecule has 0 aliphatic heterocycles. The molecule has 6 nitrogen and oxygen atoms in total. The number of carbonyl (C=O) groups is 4. The Morgan fingerprint density at radius 2 is 1.42 bits per heavy atom. The number of carbonyl (C=O) groups excluding carboxylic acids is 4. The number of nitrogens with one attached hydrogen (secondary N) is 2. The van der Waals surface area contributed by atoms with Gasteiger partial charge >= 0.3 is 0 Å². The van der Waals surface area contributed by atoms with Crippen LogP contribution in [0.15, 0.2) is 60.7 Å². The molecule has 0 radical (unpaired) electrons. The number of benzene rings is 2. The molecule has 7 heteroatoms. The van der Waals surface area contributed by atoms with Crippen LogP contribution in [0.5, 0.6) is 0 Å². The van der Waals surface area contributed by atoms with E-state index in [2.05, 4.69) is 10.6 Å². The molecular weight excluding hydrogens is 420 g/mol. The molecule has 0 heterocycles. The second kappa shape index (κ2) is 12.7. The smallest absolute Gasteiger partial charge is 0.243 e. The fraction of sp³-hybridized carbons (Fsp3) is 0.333. The molecule has 164 valence electrons. The first-order valence-electron chi connectivity index (χ1n) is 10.2. The second-order valence-corrected chi connectivity index (χ2v) is 9.45. The molecule has 2 atom stereocenters. The Hall–Kier alpha value is -2.93. The number of ketones is 2. The van der Waals surface area contributed by atoms with Crippen LogP contribution in [0.3, 0.4) is 0 Å². The molecule has 0 aliphatic carbocycles. The Kier molecular flexibility index (Phi) is 9.97. The lowest BCUT2D eigenvalue weighted by Gasteiger charge is -2.17. The summed E-state index contributed by atoms with van der Waals surface area (Å²) in [7, 11) is -0.245. The lowest BCUT2D eigenvalue weighted by molar-refractivity contribution is -0.128. The molecular formula is C24H29N2O4S+. The zero-order valence-electron chi connectivity index (χ0n) is 17.9. The van der Waals surface area contributed by atoms with Crippen molar-refractivity contribution in [3.05, 3.63) is 71.8 Å². The van der Waals surface area contributed by atoms with Crippen LogP contribution in [-0.4, -0.2) is 53.7 Å². The number of Topliss-reactive ketones (excluding diaryl/α,β-unsaturated/α-hetero) is 2. The van der Waals surface area contributed by atoms with Gasteiger partial charge in [-0.1, -0.05) is 67.6 Å². The van der Waals surface area contributed by atoms with Gasteiger partial charge in [0.15, 0.2) is 11.5 Å².